The molecule has 3 rings (SSSR count). The number of hydrogen-bond acceptors (Lipinski definition) is 3. The highest BCUT2D eigenvalue weighted by Crippen LogP contribution is 2.19. The predicted octanol–water partition coefficient (Wildman–Crippen LogP) is 3.09. The van der Waals surface area contributed by atoms with Crippen LogP contribution in [-0.2, 0) is 11.3 Å². The lowest BCUT2D eigenvalue weighted by Gasteiger charge is -2.21. The van der Waals surface area contributed by atoms with Crippen LogP contribution in [0.5, 0.6) is 0 Å². The van der Waals surface area contributed by atoms with E-state index in [1.165, 1.54) is 0 Å². The van der Waals surface area contributed by atoms with Gasteiger partial charge in [0.15, 0.2) is 6.54 Å². The van der Waals surface area contributed by atoms with Crippen LogP contribution in [0.3, 0.4) is 0 Å². The molecule has 2 aromatic heterocycles. The largest absolute Gasteiger partial charge is 0.467 e. The molecule has 2 N–H and O–H groups in total. The zero-order valence-electron chi connectivity index (χ0n) is 19.2. The average molecular weight is 423 g/mol. The van der Waals surface area contributed by atoms with E-state index in [9.17, 15) is 9.59 Å². The number of benzene rings is 1. The molecule has 0 bridgehead atoms. The zero-order chi connectivity index (χ0) is 22.7. The van der Waals surface area contributed by atoms with Crippen LogP contribution in [0, 0.1) is 27.7 Å². The van der Waals surface area contributed by atoms with Gasteiger partial charge in [-0.25, -0.2) is 0 Å². The van der Waals surface area contributed by atoms with Crippen molar-refractivity contribution in [1.82, 2.24) is 4.57 Å². The maximum absolute atomic E-state index is 13.2. The molecule has 31 heavy (non-hydrogen) atoms. The van der Waals surface area contributed by atoms with E-state index >= 15 is 0 Å². The molecule has 2 heterocycles. The van der Waals surface area contributed by atoms with E-state index in [1.54, 1.807) is 6.26 Å². The van der Waals surface area contributed by atoms with E-state index in [0.29, 0.717) is 12.1 Å². The van der Waals surface area contributed by atoms with Crippen molar-refractivity contribution in [3.63, 3.8) is 0 Å². The van der Waals surface area contributed by atoms with Gasteiger partial charge in [-0.05, 0) is 70.0 Å². The standard InChI is InChI=1S/C25H31N3O3/c1-16-9-7-11-23(18(16)3)26-24(29)15-27(6)20(5)25(30)22-13-17(2)28(19(22)4)14-21-10-8-12-31-21/h7-13,20H,14-15H2,1-6H3,(H,26,29)/p+1/t20-/m1/s1. The highest BCUT2D eigenvalue weighted by Gasteiger charge is 2.28. The molecule has 2 atom stereocenters. The Balaban J connectivity index is 1.68. The van der Waals surface area contributed by atoms with Crippen LogP contribution in [0.1, 0.15) is 45.6 Å². The number of nitrogens with zero attached hydrogens (tertiary/aromatic N) is 1. The number of rotatable bonds is 8. The Morgan fingerprint density at radius 1 is 1.13 bits per heavy atom. The molecule has 0 aliphatic rings. The number of hydrogen-bond donors (Lipinski definition) is 2. The average Bonchev–Trinajstić information content (AvgIpc) is 3.34. The van der Waals surface area contributed by atoms with Crippen molar-refractivity contribution in [3.05, 3.63) is 76.5 Å². The number of ketones is 1. The van der Waals surface area contributed by atoms with Crippen LogP contribution in [-0.4, -0.2) is 35.9 Å². The monoisotopic (exact) mass is 422 g/mol. The summed E-state index contributed by atoms with van der Waals surface area (Å²) in [6.07, 6.45) is 1.65. The Labute approximate surface area is 183 Å². The number of anilines is 1. The fraction of sp³-hybridized carbons (Fsp3) is 0.360. The van der Waals surface area contributed by atoms with E-state index in [1.807, 2.05) is 78.1 Å². The molecule has 0 radical (unpaired) electrons. The number of aromatic nitrogens is 1. The fourth-order valence-corrected chi connectivity index (χ4v) is 3.80. The first-order chi connectivity index (χ1) is 14.7. The number of nitrogens with one attached hydrogen (secondary N) is 2. The van der Waals surface area contributed by atoms with Crippen LogP contribution in [0.25, 0.3) is 0 Å². The summed E-state index contributed by atoms with van der Waals surface area (Å²) in [5.41, 5.74) is 5.63. The first-order valence-electron chi connectivity index (χ1n) is 10.6. The summed E-state index contributed by atoms with van der Waals surface area (Å²) in [6.45, 7) is 10.6. The molecule has 6 heteroatoms. The molecule has 0 fully saturated rings. The van der Waals surface area contributed by atoms with E-state index in [2.05, 4.69) is 9.88 Å². The van der Waals surface area contributed by atoms with Crippen molar-refractivity contribution in [2.75, 3.05) is 18.9 Å². The normalized spacial score (nSPS) is 13.1. The van der Waals surface area contributed by atoms with Crippen LogP contribution in [0.4, 0.5) is 5.69 Å². The molecule has 1 aromatic carbocycles. The smallest absolute Gasteiger partial charge is 0.279 e. The first-order valence-corrected chi connectivity index (χ1v) is 10.6. The van der Waals surface area contributed by atoms with E-state index in [0.717, 1.165) is 38.9 Å². The number of amides is 1. The topological polar surface area (TPSA) is 68.7 Å². The van der Waals surface area contributed by atoms with Crippen molar-refractivity contribution in [1.29, 1.82) is 0 Å². The quantitative estimate of drug-likeness (QED) is 0.548. The molecular formula is C25H32N3O3+. The predicted molar refractivity (Wildman–Crippen MR) is 122 cm³/mol. The van der Waals surface area contributed by atoms with Gasteiger partial charge in [0.05, 0.1) is 19.9 Å². The second kappa shape index (κ2) is 9.35. The van der Waals surface area contributed by atoms with E-state index < -0.39 is 0 Å². The Morgan fingerprint density at radius 3 is 2.55 bits per heavy atom. The van der Waals surface area contributed by atoms with Crippen molar-refractivity contribution >= 4 is 17.4 Å². The number of aryl methyl sites for hydroxylation is 2. The summed E-state index contributed by atoms with van der Waals surface area (Å²) >= 11 is 0. The van der Waals surface area contributed by atoms with Crippen LogP contribution < -0.4 is 10.2 Å². The molecule has 1 unspecified atom stereocenters. The van der Waals surface area contributed by atoms with Gasteiger partial charge in [0.2, 0.25) is 5.78 Å². The first kappa shape index (κ1) is 22.6. The lowest BCUT2D eigenvalue weighted by atomic mass is 10.0. The summed E-state index contributed by atoms with van der Waals surface area (Å²) in [4.78, 5) is 26.7. The van der Waals surface area contributed by atoms with Gasteiger partial charge in [-0.2, -0.15) is 0 Å². The highest BCUT2D eigenvalue weighted by molar-refractivity contribution is 6.00. The van der Waals surface area contributed by atoms with Gasteiger partial charge in [-0.15, -0.1) is 0 Å². The molecule has 1 amide bonds. The summed E-state index contributed by atoms with van der Waals surface area (Å²) in [6, 6.07) is 11.2. The molecule has 0 aliphatic heterocycles. The van der Waals surface area contributed by atoms with Crippen LogP contribution in [0.2, 0.25) is 0 Å². The van der Waals surface area contributed by atoms with Gasteiger partial charge in [0.25, 0.3) is 5.91 Å². The Kier molecular flexibility index (Phi) is 6.81. The minimum atomic E-state index is -0.345. The minimum absolute atomic E-state index is 0.0378. The summed E-state index contributed by atoms with van der Waals surface area (Å²) in [5.74, 6) is 0.782. The van der Waals surface area contributed by atoms with Gasteiger partial charge < -0.3 is 19.2 Å². The third kappa shape index (κ3) is 4.97. The van der Waals surface area contributed by atoms with Gasteiger partial charge in [0, 0.05) is 22.6 Å². The molecule has 0 spiro atoms. The van der Waals surface area contributed by atoms with Crippen molar-refractivity contribution in [3.8, 4) is 0 Å². The van der Waals surface area contributed by atoms with Crippen molar-refractivity contribution in [2.45, 2.75) is 47.2 Å². The second-order valence-electron chi connectivity index (χ2n) is 8.36. The number of Topliss-reactive ketones (excluding diaryl/α,β-unsaturated/α-hetero) is 1. The number of quaternary nitrogens is 1. The molecule has 0 aliphatic carbocycles. The molecule has 0 saturated carbocycles. The van der Waals surface area contributed by atoms with Gasteiger partial charge >= 0.3 is 0 Å². The van der Waals surface area contributed by atoms with Crippen LogP contribution in [0.15, 0.2) is 47.1 Å². The second-order valence-corrected chi connectivity index (χ2v) is 8.36. The minimum Gasteiger partial charge on any atom is -0.467 e. The third-order valence-corrected chi connectivity index (χ3v) is 6.18. The Morgan fingerprint density at radius 2 is 1.87 bits per heavy atom. The Bertz CT molecular complexity index is 1080. The summed E-state index contributed by atoms with van der Waals surface area (Å²) in [7, 11) is 1.88. The summed E-state index contributed by atoms with van der Waals surface area (Å²) < 4.78 is 7.54. The van der Waals surface area contributed by atoms with E-state index in [4.69, 9.17) is 4.42 Å². The molecule has 3 aromatic rings. The van der Waals surface area contributed by atoms with Gasteiger partial charge in [-0.3, -0.25) is 9.59 Å². The van der Waals surface area contributed by atoms with E-state index in [-0.39, 0.29) is 24.3 Å². The molecule has 0 saturated heterocycles. The Hall–Kier alpha value is -3.12. The maximum Gasteiger partial charge on any atom is 0.279 e. The number of carbonyl (C=O) groups excluding carboxylic acids is 2. The SMILES string of the molecule is Cc1cccc(NC(=O)C[NH+](C)[C@H](C)C(=O)c2cc(C)n(Cc3ccco3)c2C)c1C. The molecular weight excluding hydrogens is 390 g/mol. The van der Waals surface area contributed by atoms with Gasteiger partial charge in [-0.1, -0.05) is 12.1 Å². The highest BCUT2D eigenvalue weighted by atomic mass is 16.3. The number of likely N-dealkylation sites (N-methyl/N-ethyl adjacent to an activating group) is 1. The van der Waals surface area contributed by atoms with Crippen LogP contribution >= 0.6 is 0 Å². The lowest BCUT2D eigenvalue weighted by molar-refractivity contribution is -0.885. The lowest BCUT2D eigenvalue weighted by Crippen LogP contribution is -3.14. The number of carbonyl (C=O) groups is 2. The molecule has 164 valence electrons. The maximum atomic E-state index is 13.2. The zero-order valence-corrected chi connectivity index (χ0v) is 19.2. The fourth-order valence-electron chi connectivity index (χ4n) is 3.80. The number of furan rings is 1. The third-order valence-electron chi connectivity index (χ3n) is 6.18. The summed E-state index contributed by atoms with van der Waals surface area (Å²) in [5, 5.41) is 2.98. The molecule has 6 nitrogen and oxygen atoms in total. The van der Waals surface area contributed by atoms with Crippen molar-refractivity contribution in [2.24, 2.45) is 0 Å². The van der Waals surface area contributed by atoms with Crippen molar-refractivity contribution < 1.29 is 18.9 Å². The van der Waals surface area contributed by atoms with Gasteiger partial charge in [0.1, 0.15) is 11.8 Å².